The highest BCUT2D eigenvalue weighted by molar-refractivity contribution is 4.74. The summed E-state index contributed by atoms with van der Waals surface area (Å²) in [4.78, 5) is 2.46. The molecule has 1 nitrogen and oxygen atoms in total. The molecule has 1 unspecified atom stereocenters. The van der Waals surface area contributed by atoms with Crippen LogP contribution in [0.4, 0.5) is 0 Å². The summed E-state index contributed by atoms with van der Waals surface area (Å²) < 4.78 is 0. The summed E-state index contributed by atoms with van der Waals surface area (Å²) in [7, 11) is 2.23. The first kappa shape index (κ1) is 12.0. The van der Waals surface area contributed by atoms with Crippen molar-refractivity contribution in [3.63, 3.8) is 0 Å². The van der Waals surface area contributed by atoms with Crippen molar-refractivity contribution in [3.05, 3.63) is 0 Å². The molecule has 0 aliphatic carbocycles. The van der Waals surface area contributed by atoms with Gasteiger partial charge in [0.05, 0.1) is 0 Å². The molecule has 2 atom stereocenters. The van der Waals surface area contributed by atoms with Gasteiger partial charge in [0.15, 0.2) is 0 Å². The molecule has 1 heteroatoms. The van der Waals surface area contributed by atoms with Gasteiger partial charge in [0.25, 0.3) is 0 Å². The van der Waals surface area contributed by atoms with Crippen LogP contribution in [-0.4, -0.2) is 24.5 Å². The van der Waals surface area contributed by atoms with Crippen LogP contribution < -0.4 is 0 Å². The predicted octanol–water partition coefficient (Wildman–Crippen LogP) is 3.01. The van der Waals surface area contributed by atoms with E-state index in [-0.39, 0.29) is 0 Å². The first-order valence-corrected chi connectivity index (χ1v) is 5.24. The van der Waals surface area contributed by atoms with Gasteiger partial charge in [-0.25, -0.2) is 0 Å². The van der Waals surface area contributed by atoms with E-state index >= 15 is 0 Å². The molecule has 0 aromatic rings. The van der Waals surface area contributed by atoms with Crippen LogP contribution in [0.25, 0.3) is 0 Å². The van der Waals surface area contributed by atoms with E-state index < -0.39 is 0 Å². The van der Waals surface area contributed by atoms with Gasteiger partial charge in [-0.05, 0) is 31.8 Å². The van der Waals surface area contributed by atoms with E-state index in [9.17, 15) is 0 Å². The number of hydrogen-bond acceptors (Lipinski definition) is 1. The molecule has 0 rings (SSSR count). The Morgan fingerprint density at radius 2 is 1.58 bits per heavy atom. The Morgan fingerprint density at radius 3 is 1.83 bits per heavy atom. The van der Waals surface area contributed by atoms with Gasteiger partial charge in [0.2, 0.25) is 0 Å². The van der Waals surface area contributed by atoms with Crippen molar-refractivity contribution in [2.75, 3.05) is 13.6 Å². The van der Waals surface area contributed by atoms with Gasteiger partial charge in [0, 0.05) is 6.04 Å². The van der Waals surface area contributed by atoms with Gasteiger partial charge >= 0.3 is 0 Å². The van der Waals surface area contributed by atoms with Crippen molar-refractivity contribution in [3.8, 4) is 0 Å². The minimum Gasteiger partial charge on any atom is -0.303 e. The average Bonchev–Trinajstić information content (AvgIpc) is 2.05. The molecule has 0 aliphatic rings. The van der Waals surface area contributed by atoms with E-state index in [4.69, 9.17) is 0 Å². The van der Waals surface area contributed by atoms with Crippen LogP contribution in [-0.2, 0) is 0 Å². The third-order valence-electron chi connectivity index (χ3n) is 3.14. The molecular formula is C11H25N. The highest BCUT2D eigenvalue weighted by Crippen LogP contribution is 2.20. The number of rotatable bonds is 5. The zero-order valence-electron chi connectivity index (χ0n) is 9.59. The lowest BCUT2D eigenvalue weighted by Crippen LogP contribution is -2.38. The highest BCUT2D eigenvalue weighted by atomic mass is 15.1. The fourth-order valence-corrected chi connectivity index (χ4v) is 1.76. The Morgan fingerprint density at radius 1 is 1.08 bits per heavy atom. The van der Waals surface area contributed by atoms with Crippen LogP contribution in [0.5, 0.6) is 0 Å². The summed E-state index contributed by atoms with van der Waals surface area (Å²) in [6.45, 7) is 12.7. The lowest BCUT2D eigenvalue weighted by atomic mass is 9.88. The largest absolute Gasteiger partial charge is 0.303 e. The minimum absolute atomic E-state index is 0.759. The van der Waals surface area contributed by atoms with Crippen molar-refractivity contribution in [1.82, 2.24) is 4.90 Å². The van der Waals surface area contributed by atoms with Crippen molar-refractivity contribution < 1.29 is 0 Å². The Hall–Kier alpha value is -0.0400. The molecule has 0 fully saturated rings. The maximum absolute atomic E-state index is 2.46. The Kier molecular flexibility index (Phi) is 5.56. The van der Waals surface area contributed by atoms with Gasteiger partial charge in [-0.15, -0.1) is 0 Å². The molecule has 0 aliphatic heterocycles. The smallest absolute Gasteiger partial charge is 0.0117 e. The van der Waals surface area contributed by atoms with Crippen LogP contribution in [0.1, 0.15) is 41.0 Å². The summed E-state index contributed by atoms with van der Waals surface area (Å²) in [5.41, 5.74) is 0. The molecule has 0 aromatic carbocycles. The summed E-state index contributed by atoms with van der Waals surface area (Å²) in [5.74, 6) is 1.60. The third-order valence-corrected chi connectivity index (χ3v) is 3.14. The van der Waals surface area contributed by atoms with Crippen LogP contribution >= 0.6 is 0 Å². The average molecular weight is 171 g/mol. The lowest BCUT2D eigenvalue weighted by molar-refractivity contribution is 0.155. The Balaban J connectivity index is 4.13. The minimum atomic E-state index is 0.759. The molecule has 0 N–H and O–H groups in total. The van der Waals surface area contributed by atoms with E-state index in [0.717, 1.165) is 24.4 Å². The van der Waals surface area contributed by atoms with E-state index in [1.807, 2.05) is 0 Å². The lowest BCUT2D eigenvalue weighted by Gasteiger charge is -2.33. The molecule has 0 heterocycles. The number of hydrogen-bond donors (Lipinski definition) is 0. The van der Waals surface area contributed by atoms with Crippen LogP contribution in [0, 0.1) is 11.8 Å². The van der Waals surface area contributed by atoms with Gasteiger partial charge in [-0.1, -0.05) is 34.6 Å². The molecule has 0 bridgehead atoms. The highest BCUT2D eigenvalue weighted by Gasteiger charge is 2.21. The Bertz CT molecular complexity index is 110. The van der Waals surface area contributed by atoms with Crippen molar-refractivity contribution in [2.24, 2.45) is 11.8 Å². The maximum Gasteiger partial charge on any atom is 0.0117 e. The first-order valence-electron chi connectivity index (χ1n) is 5.24. The molecule has 0 saturated carbocycles. The summed E-state index contributed by atoms with van der Waals surface area (Å²) >= 11 is 0. The van der Waals surface area contributed by atoms with E-state index in [2.05, 4.69) is 46.6 Å². The van der Waals surface area contributed by atoms with Gasteiger partial charge in [0.1, 0.15) is 0 Å². The molecule has 12 heavy (non-hydrogen) atoms. The topological polar surface area (TPSA) is 3.24 Å². The van der Waals surface area contributed by atoms with Crippen molar-refractivity contribution in [2.45, 2.75) is 47.1 Å². The van der Waals surface area contributed by atoms with Crippen molar-refractivity contribution >= 4 is 0 Å². The molecule has 74 valence electrons. The van der Waals surface area contributed by atoms with E-state index in [1.54, 1.807) is 0 Å². The molecular weight excluding hydrogens is 146 g/mol. The predicted molar refractivity (Wildman–Crippen MR) is 56.4 cm³/mol. The van der Waals surface area contributed by atoms with Crippen LogP contribution in [0.3, 0.4) is 0 Å². The second-order valence-corrected chi connectivity index (χ2v) is 4.15. The zero-order valence-corrected chi connectivity index (χ0v) is 9.59. The first-order chi connectivity index (χ1) is 5.54. The molecule has 0 amide bonds. The summed E-state index contributed by atoms with van der Waals surface area (Å²) in [6.07, 6.45) is 1.27. The van der Waals surface area contributed by atoms with Gasteiger partial charge in [-0.2, -0.15) is 0 Å². The molecule has 0 aromatic heterocycles. The zero-order chi connectivity index (χ0) is 9.72. The fraction of sp³-hybridized carbons (Fsp3) is 1.00. The second kappa shape index (κ2) is 5.58. The van der Waals surface area contributed by atoms with E-state index in [0.29, 0.717) is 0 Å². The fourth-order valence-electron chi connectivity index (χ4n) is 1.76. The quantitative estimate of drug-likeness (QED) is 0.614. The third kappa shape index (κ3) is 3.14. The van der Waals surface area contributed by atoms with Gasteiger partial charge < -0.3 is 4.90 Å². The standard InChI is InChI=1S/C11H25N/c1-7-11(12(6)8-2)10(5)9(3)4/h9-11H,7-8H2,1-6H3/t10?,11-/m1/s1. The van der Waals surface area contributed by atoms with Crippen LogP contribution in [0.2, 0.25) is 0 Å². The van der Waals surface area contributed by atoms with Crippen molar-refractivity contribution in [1.29, 1.82) is 0 Å². The summed E-state index contributed by atoms with van der Waals surface area (Å²) in [6, 6.07) is 0.759. The van der Waals surface area contributed by atoms with E-state index in [1.165, 1.54) is 6.42 Å². The monoisotopic (exact) mass is 171 g/mol. The Labute approximate surface area is 78.1 Å². The van der Waals surface area contributed by atoms with Gasteiger partial charge in [-0.3, -0.25) is 0 Å². The maximum atomic E-state index is 2.46. The molecule has 0 spiro atoms. The molecule has 0 radical (unpaired) electrons. The number of nitrogens with zero attached hydrogens (tertiary/aromatic N) is 1. The normalized spacial score (nSPS) is 17.0. The second-order valence-electron chi connectivity index (χ2n) is 4.15. The molecule has 0 saturated heterocycles. The SMILES string of the molecule is CC[C@H](C(C)C(C)C)N(C)CC. The van der Waals surface area contributed by atoms with Crippen LogP contribution in [0.15, 0.2) is 0 Å². The summed E-state index contributed by atoms with van der Waals surface area (Å²) in [5, 5.41) is 0.